The minimum Gasteiger partial charge on any atom is -0.350 e. The van der Waals surface area contributed by atoms with E-state index >= 15 is 0 Å². The van der Waals surface area contributed by atoms with Crippen molar-refractivity contribution in [3.8, 4) is 0 Å². The van der Waals surface area contributed by atoms with Crippen LogP contribution in [-0.4, -0.2) is 69.4 Å². The van der Waals surface area contributed by atoms with Crippen LogP contribution in [0.3, 0.4) is 0 Å². The Morgan fingerprint density at radius 1 is 1.18 bits per heavy atom. The Bertz CT molecular complexity index is 1360. The van der Waals surface area contributed by atoms with Crippen molar-refractivity contribution in [1.82, 2.24) is 30.1 Å². The van der Waals surface area contributed by atoms with Crippen LogP contribution in [0, 0.1) is 6.92 Å². The summed E-state index contributed by atoms with van der Waals surface area (Å²) in [5, 5.41) is 7.05. The molecule has 5 rings (SSSR count). The maximum Gasteiger partial charge on any atom is 0.326 e. The van der Waals surface area contributed by atoms with Crippen LogP contribution >= 0.6 is 11.3 Å². The summed E-state index contributed by atoms with van der Waals surface area (Å²) < 4.78 is 0. The molecule has 3 amide bonds. The predicted molar refractivity (Wildman–Crippen MR) is 158 cm³/mol. The summed E-state index contributed by atoms with van der Waals surface area (Å²) in [4.78, 5) is 47.1. The number of hydrogen-bond donors (Lipinski definition) is 2. The zero-order chi connectivity index (χ0) is 28.1. The third-order valence-electron chi connectivity index (χ3n) is 7.06. The molecule has 10 nitrogen and oxygen atoms in total. The van der Waals surface area contributed by atoms with E-state index in [-0.39, 0.29) is 24.0 Å². The van der Waals surface area contributed by atoms with Crippen molar-refractivity contribution in [2.24, 2.45) is 0 Å². The van der Waals surface area contributed by atoms with E-state index in [1.807, 2.05) is 72.1 Å². The number of aromatic nitrogens is 3. The van der Waals surface area contributed by atoms with Crippen LogP contribution in [0.4, 0.5) is 21.7 Å². The minimum atomic E-state index is -0.101. The third kappa shape index (κ3) is 6.83. The van der Waals surface area contributed by atoms with Gasteiger partial charge in [0.2, 0.25) is 11.9 Å². The number of likely N-dealkylation sites (N-methyl/N-ethyl adjacent to an activating group) is 1. The smallest absolute Gasteiger partial charge is 0.326 e. The number of anilines is 3. The largest absolute Gasteiger partial charge is 0.350 e. The molecule has 11 heteroatoms. The van der Waals surface area contributed by atoms with Gasteiger partial charge >= 0.3 is 6.03 Å². The fourth-order valence-electron chi connectivity index (χ4n) is 5.21. The van der Waals surface area contributed by atoms with Crippen LogP contribution in [0.2, 0.25) is 0 Å². The van der Waals surface area contributed by atoms with E-state index in [2.05, 4.69) is 20.6 Å². The van der Waals surface area contributed by atoms with Gasteiger partial charge in [0.05, 0.1) is 6.54 Å². The maximum absolute atomic E-state index is 14.1. The molecule has 3 heterocycles. The Labute approximate surface area is 239 Å². The molecule has 0 saturated heterocycles. The molecule has 1 fully saturated rings. The Kier molecular flexibility index (Phi) is 8.71. The number of rotatable bonds is 9. The number of benzene rings is 1. The van der Waals surface area contributed by atoms with Crippen LogP contribution in [-0.2, 0) is 17.9 Å². The molecule has 1 aromatic carbocycles. The maximum atomic E-state index is 14.1. The van der Waals surface area contributed by atoms with Gasteiger partial charge in [-0.2, -0.15) is 4.98 Å². The molecule has 1 aliphatic heterocycles. The van der Waals surface area contributed by atoms with Gasteiger partial charge in [0, 0.05) is 54.1 Å². The Balaban J connectivity index is 1.39. The van der Waals surface area contributed by atoms with Crippen LogP contribution in [0.1, 0.15) is 41.7 Å². The van der Waals surface area contributed by atoms with Crippen LogP contribution in [0.25, 0.3) is 0 Å². The lowest BCUT2D eigenvalue weighted by atomic mass is 9.89. The average Bonchev–Trinajstić information content (AvgIpc) is 3.34. The second kappa shape index (κ2) is 12.6. The molecular formula is C29H36N8O2S. The van der Waals surface area contributed by atoms with Gasteiger partial charge in [-0.15, -0.1) is 11.3 Å². The molecule has 0 spiro atoms. The number of thiazole rings is 1. The summed E-state index contributed by atoms with van der Waals surface area (Å²) in [5.74, 6) is 0.938. The number of hydrogen-bond acceptors (Lipinski definition) is 8. The molecule has 2 aromatic heterocycles. The summed E-state index contributed by atoms with van der Waals surface area (Å²) in [7, 11) is 3.93. The molecule has 2 N–H and O–H groups in total. The van der Waals surface area contributed by atoms with E-state index < -0.39 is 0 Å². The van der Waals surface area contributed by atoms with Crippen molar-refractivity contribution in [3.05, 3.63) is 70.9 Å². The van der Waals surface area contributed by atoms with Crippen molar-refractivity contribution in [1.29, 1.82) is 0 Å². The lowest BCUT2D eigenvalue weighted by molar-refractivity contribution is -0.117. The highest BCUT2D eigenvalue weighted by Crippen LogP contribution is 2.35. The topological polar surface area (TPSA) is 107 Å². The zero-order valence-electron chi connectivity index (χ0n) is 23.2. The van der Waals surface area contributed by atoms with Crippen molar-refractivity contribution in [3.63, 3.8) is 0 Å². The first-order valence-electron chi connectivity index (χ1n) is 13.6. The van der Waals surface area contributed by atoms with Gasteiger partial charge in [0.1, 0.15) is 5.82 Å². The summed E-state index contributed by atoms with van der Waals surface area (Å²) in [6.07, 6.45) is 10.3. The number of nitrogens with zero attached hydrogens (tertiary/aromatic N) is 6. The monoisotopic (exact) mass is 560 g/mol. The van der Waals surface area contributed by atoms with E-state index in [1.54, 1.807) is 18.5 Å². The molecule has 1 saturated carbocycles. The third-order valence-corrected chi connectivity index (χ3v) is 7.89. The fraction of sp³-hybridized carbons (Fsp3) is 0.414. The number of carbonyl (C=O) groups is 2. The molecule has 210 valence electrons. The summed E-state index contributed by atoms with van der Waals surface area (Å²) in [5.41, 5.74) is 1.96. The normalized spacial score (nSPS) is 19.2. The van der Waals surface area contributed by atoms with Gasteiger partial charge in [-0.25, -0.2) is 14.8 Å². The number of aryl methyl sites for hydroxylation is 1. The van der Waals surface area contributed by atoms with Crippen molar-refractivity contribution in [2.75, 3.05) is 30.9 Å². The quantitative estimate of drug-likeness (QED) is 0.372. The van der Waals surface area contributed by atoms with Gasteiger partial charge < -0.3 is 15.1 Å². The molecule has 0 bridgehead atoms. The van der Waals surface area contributed by atoms with Crippen LogP contribution in [0.15, 0.2) is 54.9 Å². The van der Waals surface area contributed by atoms with E-state index in [4.69, 9.17) is 4.98 Å². The van der Waals surface area contributed by atoms with Gasteiger partial charge in [0.15, 0.2) is 5.13 Å². The van der Waals surface area contributed by atoms with Gasteiger partial charge in [-0.05, 0) is 52.3 Å². The summed E-state index contributed by atoms with van der Waals surface area (Å²) >= 11 is 1.52. The molecule has 40 heavy (non-hydrogen) atoms. The first-order chi connectivity index (χ1) is 19.4. The van der Waals surface area contributed by atoms with Crippen molar-refractivity contribution < 1.29 is 9.59 Å². The Hall–Kier alpha value is -3.83. The standard InChI is InChI=1S/C29H36N8O2S/c1-20-16-31-28(40-20)34-27-30-17-22-19-36(18-21-9-5-4-6-10-21)29(39)37(26(22)33-27)24-12-7-11-23(15-24)32-25(38)13-8-14-35(2)3/h4-6,8-10,13,16-17,23-24H,7,11-12,14-15,18-19H2,1-3H3,(H,32,38)(H,30,31,33,34)/b13-8+. The molecule has 0 radical (unpaired) electrons. The van der Waals surface area contributed by atoms with Crippen molar-refractivity contribution in [2.45, 2.75) is 57.8 Å². The van der Waals surface area contributed by atoms with E-state index in [1.165, 1.54) is 11.3 Å². The number of urea groups is 1. The Morgan fingerprint density at radius 2 is 2.00 bits per heavy atom. The first-order valence-corrected chi connectivity index (χ1v) is 14.5. The molecular weight excluding hydrogens is 524 g/mol. The average molecular weight is 561 g/mol. The number of fused-ring (bicyclic) bond motifs is 1. The number of nitrogens with one attached hydrogen (secondary N) is 2. The molecule has 2 unspecified atom stereocenters. The minimum absolute atomic E-state index is 0.0197. The first kappa shape index (κ1) is 27.7. The van der Waals surface area contributed by atoms with Gasteiger partial charge in [-0.1, -0.05) is 36.4 Å². The molecule has 2 aliphatic rings. The highest BCUT2D eigenvalue weighted by molar-refractivity contribution is 7.15. The van der Waals surface area contributed by atoms with Gasteiger partial charge in [0.25, 0.3) is 0 Å². The van der Waals surface area contributed by atoms with Crippen molar-refractivity contribution >= 4 is 40.2 Å². The zero-order valence-corrected chi connectivity index (χ0v) is 24.0. The second-order valence-electron chi connectivity index (χ2n) is 10.6. The lowest BCUT2D eigenvalue weighted by Crippen LogP contribution is -2.54. The Morgan fingerprint density at radius 3 is 2.75 bits per heavy atom. The van der Waals surface area contributed by atoms with Crippen LogP contribution < -0.4 is 15.5 Å². The predicted octanol–water partition coefficient (Wildman–Crippen LogP) is 4.47. The molecule has 3 aromatic rings. The highest BCUT2D eigenvalue weighted by Gasteiger charge is 2.39. The van der Waals surface area contributed by atoms with Gasteiger partial charge in [-0.3, -0.25) is 15.0 Å². The fourth-order valence-corrected chi connectivity index (χ4v) is 5.87. The number of amides is 3. The molecule has 1 aliphatic carbocycles. The highest BCUT2D eigenvalue weighted by atomic mass is 32.1. The summed E-state index contributed by atoms with van der Waals surface area (Å²) in [6.45, 7) is 3.62. The van der Waals surface area contributed by atoms with E-state index in [0.29, 0.717) is 43.0 Å². The lowest BCUT2D eigenvalue weighted by Gasteiger charge is -2.43. The SMILES string of the molecule is Cc1cnc(Nc2ncc3c(n2)N(C2CCCC(NC(=O)/C=C/CN(C)C)C2)C(=O)N(Cc2ccccc2)C3)s1. The number of carbonyl (C=O) groups excluding carboxylic acids is 2. The van der Waals surface area contributed by atoms with Crippen LogP contribution in [0.5, 0.6) is 0 Å². The molecule has 2 atom stereocenters. The summed E-state index contributed by atoms with van der Waals surface area (Å²) in [6, 6.07) is 9.81. The second-order valence-corrected chi connectivity index (χ2v) is 11.9. The van der Waals surface area contributed by atoms with E-state index in [9.17, 15) is 9.59 Å². The van der Waals surface area contributed by atoms with E-state index in [0.717, 1.165) is 35.3 Å².